The summed E-state index contributed by atoms with van der Waals surface area (Å²) in [5.41, 5.74) is 0. The number of hydrogen-bond acceptors (Lipinski definition) is 4. The van der Waals surface area contributed by atoms with Crippen molar-refractivity contribution < 1.29 is 9.53 Å². The van der Waals surface area contributed by atoms with Gasteiger partial charge in [0.1, 0.15) is 0 Å². The molecule has 0 spiro atoms. The van der Waals surface area contributed by atoms with Gasteiger partial charge in [-0.25, -0.2) is 0 Å². The quantitative estimate of drug-likeness (QED) is 0.707. The SMILES string of the molecule is O=C(CNC1CC1)NCC1CN2CCCC2CO1. The Labute approximate surface area is 108 Å². The van der Waals surface area contributed by atoms with Crippen molar-refractivity contribution in [1.29, 1.82) is 0 Å². The fourth-order valence-corrected chi connectivity index (χ4v) is 2.82. The Morgan fingerprint density at radius 3 is 3.06 bits per heavy atom. The molecule has 5 nitrogen and oxygen atoms in total. The van der Waals surface area contributed by atoms with Gasteiger partial charge in [0.15, 0.2) is 0 Å². The zero-order chi connectivity index (χ0) is 12.4. The molecule has 0 bridgehead atoms. The van der Waals surface area contributed by atoms with E-state index in [-0.39, 0.29) is 12.0 Å². The van der Waals surface area contributed by atoms with Crippen LogP contribution in [0.25, 0.3) is 0 Å². The van der Waals surface area contributed by atoms with Gasteiger partial charge in [-0.05, 0) is 32.2 Å². The van der Waals surface area contributed by atoms with E-state index >= 15 is 0 Å². The van der Waals surface area contributed by atoms with E-state index in [2.05, 4.69) is 15.5 Å². The Kier molecular flexibility index (Phi) is 3.82. The Balaban J connectivity index is 1.33. The molecule has 2 unspecified atom stereocenters. The average Bonchev–Trinajstić information content (AvgIpc) is 3.10. The first-order chi connectivity index (χ1) is 8.81. The lowest BCUT2D eigenvalue weighted by Gasteiger charge is -2.35. The second kappa shape index (κ2) is 5.55. The normalized spacial score (nSPS) is 32.2. The van der Waals surface area contributed by atoms with Crippen LogP contribution >= 0.6 is 0 Å². The molecule has 1 saturated carbocycles. The van der Waals surface area contributed by atoms with Crippen LogP contribution in [0, 0.1) is 0 Å². The number of ether oxygens (including phenoxy) is 1. The van der Waals surface area contributed by atoms with Crippen LogP contribution in [0.3, 0.4) is 0 Å². The average molecular weight is 253 g/mol. The van der Waals surface area contributed by atoms with E-state index in [0.29, 0.717) is 25.2 Å². The van der Waals surface area contributed by atoms with Gasteiger partial charge in [-0.3, -0.25) is 9.69 Å². The molecule has 2 aliphatic heterocycles. The van der Waals surface area contributed by atoms with E-state index in [1.807, 2.05) is 0 Å². The Morgan fingerprint density at radius 2 is 2.22 bits per heavy atom. The van der Waals surface area contributed by atoms with E-state index in [0.717, 1.165) is 13.2 Å². The topological polar surface area (TPSA) is 53.6 Å². The molecule has 0 aromatic rings. The minimum Gasteiger partial charge on any atom is -0.373 e. The lowest BCUT2D eigenvalue weighted by atomic mass is 10.2. The molecule has 3 aliphatic rings. The minimum absolute atomic E-state index is 0.0917. The molecule has 3 rings (SSSR count). The molecule has 2 saturated heterocycles. The van der Waals surface area contributed by atoms with E-state index in [1.165, 1.54) is 32.2 Å². The monoisotopic (exact) mass is 253 g/mol. The number of nitrogens with one attached hydrogen (secondary N) is 2. The van der Waals surface area contributed by atoms with Gasteiger partial charge < -0.3 is 15.4 Å². The second-order valence-electron chi connectivity index (χ2n) is 5.71. The first-order valence-corrected chi connectivity index (χ1v) is 7.17. The van der Waals surface area contributed by atoms with Crippen molar-refractivity contribution in [2.24, 2.45) is 0 Å². The number of carbonyl (C=O) groups excluding carboxylic acids is 1. The summed E-state index contributed by atoms with van der Waals surface area (Å²) in [5.74, 6) is 0.0917. The number of rotatable bonds is 5. The molecule has 2 atom stereocenters. The lowest BCUT2D eigenvalue weighted by Crippen LogP contribution is -2.50. The van der Waals surface area contributed by atoms with Gasteiger partial charge in [0.2, 0.25) is 5.91 Å². The first kappa shape index (κ1) is 12.4. The van der Waals surface area contributed by atoms with Crippen LogP contribution in [0.15, 0.2) is 0 Å². The highest BCUT2D eigenvalue weighted by Crippen LogP contribution is 2.22. The van der Waals surface area contributed by atoms with Crippen molar-refractivity contribution in [1.82, 2.24) is 15.5 Å². The fraction of sp³-hybridized carbons (Fsp3) is 0.923. The summed E-state index contributed by atoms with van der Waals surface area (Å²) in [4.78, 5) is 14.1. The number of nitrogens with zero attached hydrogens (tertiary/aromatic N) is 1. The summed E-state index contributed by atoms with van der Waals surface area (Å²) in [6.07, 6.45) is 5.16. The summed E-state index contributed by atoms with van der Waals surface area (Å²) in [7, 11) is 0. The van der Waals surface area contributed by atoms with Gasteiger partial charge in [-0.15, -0.1) is 0 Å². The van der Waals surface area contributed by atoms with Gasteiger partial charge in [-0.1, -0.05) is 0 Å². The summed E-state index contributed by atoms with van der Waals surface area (Å²) < 4.78 is 5.80. The number of fused-ring (bicyclic) bond motifs is 1. The molecular weight excluding hydrogens is 230 g/mol. The Morgan fingerprint density at radius 1 is 1.33 bits per heavy atom. The molecule has 0 aromatic carbocycles. The molecule has 102 valence electrons. The van der Waals surface area contributed by atoms with E-state index < -0.39 is 0 Å². The summed E-state index contributed by atoms with van der Waals surface area (Å²) in [6.45, 7) is 4.10. The maximum atomic E-state index is 11.6. The molecule has 1 amide bonds. The standard InChI is InChI=1S/C13H23N3O2/c17-13(7-14-10-3-4-10)15-6-12-8-16-5-1-2-11(16)9-18-12/h10-12,14H,1-9H2,(H,15,17). The van der Waals surface area contributed by atoms with E-state index in [4.69, 9.17) is 4.74 Å². The minimum atomic E-state index is 0.0917. The van der Waals surface area contributed by atoms with Crippen molar-refractivity contribution in [3.05, 3.63) is 0 Å². The number of morpholine rings is 1. The van der Waals surface area contributed by atoms with Crippen molar-refractivity contribution in [2.45, 2.75) is 43.9 Å². The van der Waals surface area contributed by atoms with Crippen molar-refractivity contribution in [3.63, 3.8) is 0 Å². The summed E-state index contributed by atoms with van der Waals surface area (Å²) >= 11 is 0. The van der Waals surface area contributed by atoms with Crippen molar-refractivity contribution >= 4 is 5.91 Å². The Bertz CT molecular complexity index is 307. The van der Waals surface area contributed by atoms with Gasteiger partial charge >= 0.3 is 0 Å². The van der Waals surface area contributed by atoms with E-state index in [9.17, 15) is 4.79 Å². The van der Waals surface area contributed by atoms with Crippen molar-refractivity contribution in [3.8, 4) is 0 Å². The van der Waals surface area contributed by atoms with Gasteiger partial charge in [-0.2, -0.15) is 0 Å². The molecule has 2 N–H and O–H groups in total. The molecule has 1 aliphatic carbocycles. The summed E-state index contributed by atoms with van der Waals surface area (Å²) in [6, 6.07) is 1.22. The largest absolute Gasteiger partial charge is 0.373 e. The highest BCUT2D eigenvalue weighted by Gasteiger charge is 2.32. The maximum absolute atomic E-state index is 11.6. The number of hydrogen-bond donors (Lipinski definition) is 2. The van der Waals surface area contributed by atoms with Crippen LogP contribution in [0.2, 0.25) is 0 Å². The van der Waals surface area contributed by atoms with Crippen LogP contribution in [0.4, 0.5) is 0 Å². The van der Waals surface area contributed by atoms with Crippen LogP contribution < -0.4 is 10.6 Å². The van der Waals surface area contributed by atoms with Crippen LogP contribution in [0.5, 0.6) is 0 Å². The lowest BCUT2D eigenvalue weighted by molar-refractivity contribution is -0.121. The van der Waals surface area contributed by atoms with Crippen LogP contribution in [0.1, 0.15) is 25.7 Å². The van der Waals surface area contributed by atoms with Gasteiger partial charge in [0.05, 0.1) is 19.3 Å². The first-order valence-electron chi connectivity index (χ1n) is 7.17. The second-order valence-corrected chi connectivity index (χ2v) is 5.71. The van der Waals surface area contributed by atoms with Crippen LogP contribution in [-0.2, 0) is 9.53 Å². The molecule has 5 heteroatoms. The van der Waals surface area contributed by atoms with Gasteiger partial charge in [0.25, 0.3) is 0 Å². The highest BCUT2D eigenvalue weighted by atomic mass is 16.5. The third-order valence-corrected chi connectivity index (χ3v) is 4.12. The third-order valence-electron chi connectivity index (χ3n) is 4.12. The fourth-order valence-electron chi connectivity index (χ4n) is 2.82. The Hall–Kier alpha value is -0.650. The molecular formula is C13H23N3O2. The summed E-state index contributed by atoms with van der Waals surface area (Å²) in [5, 5.41) is 6.18. The predicted octanol–water partition coefficient (Wildman–Crippen LogP) is -0.282. The predicted molar refractivity (Wildman–Crippen MR) is 68.4 cm³/mol. The van der Waals surface area contributed by atoms with Gasteiger partial charge in [0, 0.05) is 25.2 Å². The zero-order valence-corrected chi connectivity index (χ0v) is 10.9. The van der Waals surface area contributed by atoms with Crippen molar-refractivity contribution in [2.75, 3.05) is 32.8 Å². The van der Waals surface area contributed by atoms with Crippen LogP contribution in [-0.4, -0.2) is 61.8 Å². The smallest absolute Gasteiger partial charge is 0.234 e. The molecule has 0 radical (unpaired) electrons. The zero-order valence-electron chi connectivity index (χ0n) is 10.9. The van der Waals surface area contributed by atoms with E-state index in [1.54, 1.807) is 0 Å². The molecule has 0 aromatic heterocycles. The molecule has 2 heterocycles. The number of carbonyl (C=O) groups is 1. The highest BCUT2D eigenvalue weighted by molar-refractivity contribution is 5.78. The third kappa shape index (κ3) is 3.22. The maximum Gasteiger partial charge on any atom is 0.234 e. The molecule has 18 heavy (non-hydrogen) atoms. The molecule has 3 fully saturated rings. The number of amides is 1.